The molecular formula is C17H18N2O3S. The number of esters is 1. The van der Waals surface area contributed by atoms with E-state index in [0.717, 1.165) is 17.7 Å². The van der Waals surface area contributed by atoms with Crippen LogP contribution in [0.5, 0.6) is 0 Å². The molecular weight excluding hydrogens is 312 g/mol. The standard InChI is InChI=1S/C17H18N2O3S/c1-10-3-5-12(6-4-10)14-9-23-17(18-14)19-15(20)8-22-16(21)13-7-11(13)2/h3-6,9,11,13H,7-8H2,1-2H3,(H,18,19,20)/t11-,13+/m0/s1. The van der Waals surface area contributed by atoms with Crippen molar-refractivity contribution in [3.05, 3.63) is 35.2 Å². The van der Waals surface area contributed by atoms with E-state index in [1.807, 2.05) is 43.5 Å². The fraction of sp³-hybridized carbons (Fsp3) is 0.353. The summed E-state index contributed by atoms with van der Waals surface area (Å²) in [4.78, 5) is 27.8. The molecule has 0 saturated heterocycles. The first kappa shape index (κ1) is 15.7. The summed E-state index contributed by atoms with van der Waals surface area (Å²) in [6.45, 7) is 3.76. The number of thiazole rings is 1. The van der Waals surface area contributed by atoms with Gasteiger partial charge in [-0.2, -0.15) is 0 Å². The van der Waals surface area contributed by atoms with Gasteiger partial charge in [-0.1, -0.05) is 36.8 Å². The predicted octanol–water partition coefficient (Wildman–Crippen LogP) is 3.26. The van der Waals surface area contributed by atoms with Gasteiger partial charge in [0.15, 0.2) is 11.7 Å². The molecule has 120 valence electrons. The van der Waals surface area contributed by atoms with Crippen LogP contribution in [0.3, 0.4) is 0 Å². The number of hydrogen-bond donors (Lipinski definition) is 1. The van der Waals surface area contributed by atoms with Gasteiger partial charge in [0.2, 0.25) is 0 Å². The van der Waals surface area contributed by atoms with Crippen molar-refractivity contribution < 1.29 is 14.3 Å². The van der Waals surface area contributed by atoms with E-state index in [0.29, 0.717) is 11.0 Å². The highest BCUT2D eigenvalue weighted by atomic mass is 32.1. The molecule has 5 nitrogen and oxygen atoms in total. The van der Waals surface area contributed by atoms with Gasteiger partial charge in [-0.15, -0.1) is 11.3 Å². The number of aryl methyl sites for hydroxylation is 1. The third-order valence-electron chi connectivity index (χ3n) is 3.86. The maximum atomic E-state index is 11.8. The number of anilines is 1. The molecule has 2 aromatic rings. The molecule has 0 unspecified atom stereocenters. The largest absolute Gasteiger partial charge is 0.455 e. The zero-order valence-electron chi connectivity index (χ0n) is 13.0. The molecule has 0 radical (unpaired) electrons. The first-order valence-electron chi connectivity index (χ1n) is 7.52. The maximum absolute atomic E-state index is 11.8. The van der Waals surface area contributed by atoms with E-state index < -0.39 is 0 Å². The molecule has 0 spiro atoms. The van der Waals surface area contributed by atoms with Gasteiger partial charge >= 0.3 is 5.97 Å². The summed E-state index contributed by atoms with van der Waals surface area (Å²) >= 11 is 1.35. The molecule has 1 aromatic carbocycles. The minimum Gasteiger partial charge on any atom is -0.455 e. The number of rotatable bonds is 5. The van der Waals surface area contributed by atoms with E-state index in [-0.39, 0.29) is 24.4 Å². The molecule has 1 aliphatic carbocycles. The summed E-state index contributed by atoms with van der Waals surface area (Å²) in [6, 6.07) is 8.03. The highest BCUT2D eigenvalue weighted by Crippen LogP contribution is 2.38. The monoisotopic (exact) mass is 330 g/mol. The molecule has 2 atom stereocenters. The topological polar surface area (TPSA) is 68.3 Å². The Bertz CT molecular complexity index is 724. The highest BCUT2D eigenvalue weighted by molar-refractivity contribution is 7.14. The van der Waals surface area contributed by atoms with Gasteiger partial charge < -0.3 is 4.74 Å². The zero-order valence-corrected chi connectivity index (χ0v) is 13.9. The van der Waals surface area contributed by atoms with Crippen molar-refractivity contribution >= 4 is 28.3 Å². The van der Waals surface area contributed by atoms with Crippen LogP contribution in [0.25, 0.3) is 11.3 Å². The average molecular weight is 330 g/mol. The van der Waals surface area contributed by atoms with Gasteiger partial charge in [-0.25, -0.2) is 4.98 Å². The Morgan fingerprint density at radius 1 is 1.35 bits per heavy atom. The molecule has 6 heteroatoms. The fourth-order valence-corrected chi connectivity index (χ4v) is 2.97. The Hall–Kier alpha value is -2.21. The van der Waals surface area contributed by atoms with Crippen molar-refractivity contribution in [2.75, 3.05) is 11.9 Å². The normalized spacial score (nSPS) is 19.2. The van der Waals surface area contributed by atoms with Crippen LogP contribution in [-0.2, 0) is 14.3 Å². The zero-order chi connectivity index (χ0) is 16.4. The summed E-state index contributed by atoms with van der Waals surface area (Å²) in [7, 11) is 0. The minimum absolute atomic E-state index is 0.0317. The van der Waals surface area contributed by atoms with Crippen molar-refractivity contribution in [3.63, 3.8) is 0 Å². The van der Waals surface area contributed by atoms with E-state index >= 15 is 0 Å². The summed E-state index contributed by atoms with van der Waals surface area (Å²) in [5.74, 6) is -0.305. The molecule has 23 heavy (non-hydrogen) atoms. The summed E-state index contributed by atoms with van der Waals surface area (Å²) in [5.41, 5.74) is 3.00. The van der Waals surface area contributed by atoms with E-state index in [1.165, 1.54) is 16.9 Å². The molecule has 1 aliphatic rings. The molecule has 0 aliphatic heterocycles. The Morgan fingerprint density at radius 2 is 2.04 bits per heavy atom. The van der Waals surface area contributed by atoms with Crippen LogP contribution in [0.1, 0.15) is 18.9 Å². The SMILES string of the molecule is Cc1ccc(-c2csc(NC(=O)COC(=O)[C@@H]3C[C@@H]3C)n2)cc1. The molecule has 1 amide bonds. The van der Waals surface area contributed by atoms with Gasteiger partial charge in [0.25, 0.3) is 5.91 Å². The molecule has 1 fully saturated rings. The summed E-state index contributed by atoms with van der Waals surface area (Å²) in [5, 5.41) is 5.05. The quantitative estimate of drug-likeness (QED) is 0.855. The highest BCUT2D eigenvalue weighted by Gasteiger charge is 2.40. The lowest BCUT2D eigenvalue weighted by Gasteiger charge is -2.03. The Kier molecular flexibility index (Phi) is 4.43. The van der Waals surface area contributed by atoms with Crippen LogP contribution in [-0.4, -0.2) is 23.5 Å². The number of carbonyl (C=O) groups excluding carboxylic acids is 2. The van der Waals surface area contributed by atoms with E-state index in [9.17, 15) is 9.59 Å². The van der Waals surface area contributed by atoms with Crippen LogP contribution >= 0.6 is 11.3 Å². The van der Waals surface area contributed by atoms with Gasteiger partial charge in [-0.3, -0.25) is 14.9 Å². The van der Waals surface area contributed by atoms with Gasteiger partial charge in [0.1, 0.15) is 0 Å². The molecule has 1 saturated carbocycles. The first-order chi connectivity index (χ1) is 11.0. The molecule has 3 rings (SSSR count). The number of nitrogens with zero attached hydrogens (tertiary/aromatic N) is 1. The first-order valence-corrected chi connectivity index (χ1v) is 8.40. The summed E-state index contributed by atoms with van der Waals surface area (Å²) < 4.78 is 5.00. The van der Waals surface area contributed by atoms with Gasteiger partial charge in [-0.05, 0) is 19.3 Å². The smallest absolute Gasteiger partial charge is 0.309 e. The Morgan fingerprint density at radius 3 is 2.70 bits per heavy atom. The second kappa shape index (κ2) is 6.50. The van der Waals surface area contributed by atoms with Crippen LogP contribution in [0.4, 0.5) is 5.13 Å². The number of benzene rings is 1. The van der Waals surface area contributed by atoms with Crippen molar-refractivity contribution in [2.45, 2.75) is 20.3 Å². The molecule has 1 N–H and O–H groups in total. The third-order valence-corrected chi connectivity index (χ3v) is 4.61. The number of aromatic nitrogens is 1. The van der Waals surface area contributed by atoms with E-state index in [2.05, 4.69) is 10.3 Å². The Balaban J connectivity index is 1.53. The number of ether oxygens (including phenoxy) is 1. The molecule has 0 bridgehead atoms. The number of hydrogen-bond acceptors (Lipinski definition) is 5. The van der Waals surface area contributed by atoms with E-state index in [1.54, 1.807) is 0 Å². The second-order valence-electron chi connectivity index (χ2n) is 5.88. The molecule has 1 heterocycles. The number of nitrogens with one attached hydrogen (secondary N) is 1. The Labute approximate surface area is 138 Å². The van der Waals surface area contributed by atoms with Crippen molar-refractivity contribution in [1.82, 2.24) is 4.98 Å². The average Bonchev–Trinajstić information content (AvgIpc) is 3.08. The predicted molar refractivity (Wildman–Crippen MR) is 89.1 cm³/mol. The summed E-state index contributed by atoms with van der Waals surface area (Å²) in [6.07, 6.45) is 0.854. The maximum Gasteiger partial charge on any atom is 0.309 e. The fourth-order valence-electron chi connectivity index (χ4n) is 2.24. The van der Waals surface area contributed by atoms with E-state index in [4.69, 9.17) is 4.74 Å². The van der Waals surface area contributed by atoms with Crippen LogP contribution in [0, 0.1) is 18.8 Å². The number of amides is 1. The van der Waals surface area contributed by atoms with Crippen molar-refractivity contribution in [3.8, 4) is 11.3 Å². The van der Waals surface area contributed by atoms with Gasteiger partial charge in [0.05, 0.1) is 11.6 Å². The minimum atomic E-state index is -0.364. The second-order valence-corrected chi connectivity index (χ2v) is 6.74. The lowest BCUT2D eigenvalue weighted by Crippen LogP contribution is -2.21. The molecule has 1 aromatic heterocycles. The van der Waals surface area contributed by atoms with Crippen LogP contribution in [0.2, 0.25) is 0 Å². The lowest BCUT2D eigenvalue weighted by molar-refractivity contribution is -0.148. The van der Waals surface area contributed by atoms with Crippen LogP contribution < -0.4 is 5.32 Å². The lowest BCUT2D eigenvalue weighted by atomic mass is 10.1. The van der Waals surface area contributed by atoms with Crippen molar-refractivity contribution in [2.24, 2.45) is 11.8 Å². The van der Waals surface area contributed by atoms with Gasteiger partial charge in [0, 0.05) is 10.9 Å². The van der Waals surface area contributed by atoms with Crippen molar-refractivity contribution in [1.29, 1.82) is 0 Å². The van der Waals surface area contributed by atoms with Crippen LogP contribution in [0.15, 0.2) is 29.6 Å². The number of carbonyl (C=O) groups is 2. The third kappa shape index (κ3) is 3.96.